The van der Waals surface area contributed by atoms with Gasteiger partial charge in [-0.25, -0.2) is 5.43 Å². The van der Waals surface area contributed by atoms with Crippen molar-refractivity contribution in [3.8, 4) is 17.2 Å². The van der Waals surface area contributed by atoms with E-state index >= 15 is 0 Å². The second-order valence-electron chi connectivity index (χ2n) is 7.31. The van der Waals surface area contributed by atoms with Gasteiger partial charge in [0, 0.05) is 23.3 Å². The van der Waals surface area contributed by atoms with Gasteiger partial charge in [-0.3, -0.25) is 19.7 Å². The molecule has 1 aliphatic heterocycles. The van der Waals surface area contributed by atoms with E-state index in [-0.39, 0.29) is 34.0 Å². The first kappa shape index (κ1) is 24.4. The van der Waals surface area contributed by atoms with Crippen LogP contribution < -0.4 is 20.2 Å². The van der Waals surface area contributed by atoms with Gasteiger partial charge in [0.05, 0.1) is 15.6 Å². The maximum absolute atomic E-state index is 12.9. The molecule has 0 bridgehead atoms. The zero-order chi connectivity index (χ0) is 25.7. The van der Waals surface area contributed by atoms with Crippen molar-refractivity contribution in [2.75, 3.05) is 6.79 Å². The van der Waals surface area contributed by atoms with Gasteiger partial charge in [-0.15, -0.1) is 0 Å². The van der Waals surface area contributed by atoms with E-state index in [4.69, 9.17) is 9.47 Å². The number of ether oxygens (including phenoxy) is 2. The molecule has 3 aromatic carbocycles. The maximum Gasteiger partial charge on any atom is 0.287 e. The zero-order valence-electron chi connectivity index (χ0n) is 18.3. The number of phenolic OH excluding ortho intramolecular Hbond substituents is 1. The molecule has 0 aliphatic carbocycles. The first-order valence-electron chi connectivity index (χ1n) is 10.3. The van der Waals surface area contributed by atoms with Crippen LogP contribution in [0.2, 0.25) is 0 Å². The third-order valence-corrected chi connectivity index (χ3v) is 5.50. The second-order valence-corrected chi connectivity index (χ2v) is 8.17. The fourth-order valence-electron chi connectivity index (χ4n) is 3.14. The molecule has 2 amide bonds. The number of benzene rings is 3. The molecular weight excluding hydrogens is 536 g/mol. The number of hydrazone groups is 1. The van der Waals surface area contributed by atoms with Crippen molar-refractivity contribution in [3.05, 3.63) is 97.6 Å². The molecule has 4 rings (SSSR count). The largest absolute Gasteiger partial charge is 0.506 e. The first-order valence-corrected chi connectivity index (χ1v) is 11.1. The van der Waals surface area contributed by atoms with Crippen LogP contribution in [-0.2, 0) is 4.79 Å². The van der Waals surface area contributed by atoms with Gasteiger partial charge >= 0.3 is 0 Å². The molecule has 0 atom stereocenters. The van der Waals surface area contributed by atoms with Gasteiger partial charge in [-0.2, -0.15) is 5.10 Å². The van der Waals surface area contributed by atoms with Crippen LogP contribution in [0, 0.1) is 10.1 Å². The van der Waals surface area contributed by atoms with Gasteiger partial charge < -0.3 is 19.9 Å². The number of nitro benzene ring substituents is 1. The molecule has 0 radical (unpaired) electrons. The van der Waals surface area contributed by atoms with Gasteiger partial charge in [-0.1, -0.05) is 24.3 Å². The Morgan fingerprint density at radius 2 is 1.83 bits per heavy atom. The molecule has 0 spiro atoms. The molecular formula is C24H17BrN4O7. The average molecular weight is 553 g/mol. The molecule has 0 saturated carbocycles. The fraction of sp³-hybridized carbons (Fsp3) is 0.0417. The Kier molecular flexibility index (Phi) is 7.25. The number of aromatic hydroxyl groups is 1. The first-order chi connectivity index (χ1) is 17.3. The smallest absolute Gasteiger partial charge is 0.287 e. The Hall–Kier alpha value is -4.71. The lowest BCUT2D eigenvalue weighted by Gasteiger charge is -2.09. The molecule has 0 unspecified atom stereocenters. The minimum Gasteiger partial charge on any atom is -0.506 e. The Morgan fingerprint density at radius 1 is 1.08 bits per heavy atom. The van der Waals surface area contributed by atoms with Crippen molar-refractivity contribution in [2.45, 2.75) is 0 Å². The standard InChI is InChI=1S/C24H17BrN4O7/c25-18-11-17(29(33)34)10-16(22(18)30)12-26-28-24(32)19(27-23(31)15-4-2-1-3-5-15)8-14-6-7-20-21(9-14)36-13-35-20/h1-12,30H,13H2,(H,27,31)(H,28,32)/b19-8?,26-12+. The molecule has 1 aliphatic rings. The number of hydrogen-bond acceptors (Lipinski definition) is 8. The molecule has 0 aromatic heterocycles. The number of nitrogens with zero attached hydrogens (tertiary/aromatic N) is 2. The summed E-state index contributed by atoms with van der Waals surface area (Å²) in [4.78, 5) is 36.1. The summed E-state index contributed by atoms with van der Waals surface area (Å²) >= 11 is 3.04. The van der Waals surface area contributed by atoms with Gasteiger partial charge in [-0.05, 0) is 51.8 Å². The van der Waals surface area contributed by atoms with Gasteiger partial charge in [0.15, 0.2) is 11.5 Å². The third kappa shape index (κ3) is 5.67. The van der Waals surface area contributed by atoms with Gasteiger partial charge in [0.25, 0.3) is 17.5 Å². The predicted octanol–water partition coefficient (Wildman–Crippen LogP) is 3.71. The number of carbonyl (C=O) groups excluding carboxylic acids is 2. The molecule has 36 heavy (non-hydrogen) atoms. The van der Waals surface area contributed by atoms with Crippen molar-refractivity contribution in [3.63, 3.8) is 0 Å². The van der Waals surface area contributed by atoms with Crippen molar-refractivity contribution < 1.29 is 29.1 Å². The molecule has 11 nitrogen and oxygen atoms in total. The van der Waals surface area contributed by atoms with E-state index in [0.29, 0.717) is 22.6 Å². The van der Waals surface area contributed by atoms with Crippen LogP contribution in [0.15, 0.2) is 75.9 Å². The van der Waals surface area contributed by atoms with Crippen molar-refractivity contribution in [2.24, 2.45) is 5.10 Å². The minimum absolute atomic E-state index is 0.00834. The van der Waals surface area contributed by atoms with Crippen LogP contribution in [0.1, 0.15) is 21.5 Å². The lowest BCUT2D eigenvalue weighted by molar-refractivity contribution is -0.385. The van der Waals surface area contributed by atoms with E-state index in [1.54, 1.807) is 48.5 Å². The molecule has 12 heteroatoms. The maximum atomic E-state index is 12.9. The van der Waals surface area contributed by atoms with E-state index in [1.165, 1.54) is 6.08 Å². The van der Waals surface area contributed by atoms with Crippen LogP contribution in [0.3, 0.4) is 0 Å². The highest BCUT2D eigenvalue weighted by Crippen LogP contribution is 2.33. The Morgan fingerprint density at radius 3 is 2.58 bits per heavy atom. The summed E-state index contributed by atoms with van der Waals surface area (Å²) in [5, 5.41) is 27.5. The van der Waals surface area contributed by atoms with Crippen LogP contribution in [0.4, 0.5) is 5.69 Å². The second kappa shape index (κ2) is 10.7. The van der Waals surface area contributed by atoms with Crippen molar-refractivity contribution in [1.82, 2.24) is 10.7 Å². The summed E-state index contributed by atoms with van der Waals surface area (Å²) in [5.41, 5.74) is 2.70. The van der Waals surface area contributed by atoms with E-state index in [0.717, 1.165) is 18.3 Å². The van der Waals surface area contributed by atoms with Crippen LogP contribution in [-0.4, -0.2) is 34.9 Å². The van der Waals surface area contributed by atoms with Gasteiger partial charge in [0.2, 0.25) is 6.79 Å². The predicted molar refractivity (Wildman–Crippen MR) is 133 cm³/mol. The topological polar surface area (TPSA) is 152 Å². The number of rotatable bonds is 7. The summed E-state index contributed by atoms with van der Waals surface area (Å²) in [5.74, 6) is -0.562. The highest BCUT2D eigenvalue weighted by atomic mass is 79.9. The van der Waals surface area contributed by atoms with Crippen molar-refractivity contribution >= 4 is 45.7 Å². The lowest BCUT2D eigenvalue weighted by atomic mass is 10.1. The van der Waals surface area contributed by atoms with E-state index in [2.05, 4.69) is 31.8 Å². The lowest BCUT2D eigenvalue weighted by Crippen LogP contribution is -2.32. The summed E-state index contributed by atoms with van der Waals surface area (Å²) in [6.45, 7) is 0.0793. The highest BCUT2D eigenvalue weighted by molar-refractivity contribution is 9.10. The molecule has 0 fully saturated rings. The normalized spacial score (nSPS) is 12.4. The van der Waals surface area contributed by atoms with Crippen LogP contribution >= 0.6 is 15.9 Å². The minimum atomic E-state index is -0.780. The van der Waals surface area contributed by atoms with Crippen molar-refractivity contribution in [1.29, 1.82) is 0 Å². The Balaban J connectivity index is 1.59. The summed E-state index contributed by atoms with van der Waals surface area (Å²) < 4.78 is 10.7. The zero-order valence-corrected chi connectivity index (χ0v) is 19.9. The third-order valence-electron chi connectivity index (χ3n) is 4.89. The number of halogens is 1. The number of hydrogen-bond donors (Lipinski definition) is 3. The van der Waals surface area contributed by atoms with E-state index in [1.807, 2.05) is 0 Å². The number of phenols is 1. The van der Waals surface area contributed by atoms with Crippen LogP contribution in [0.5, 0.6) is 17.2 Å². The van der Waals surface area contributed by atoms with Gasteiger partial charge in [0.1, 0.15) is 11.4 Å². The summed E-state index contributed by atoms with van der Waals surface area (Å²) in [6, 6.07) is 15.5. The number of amides is 2. The van der Waals surface area contributed by atoms with Crippen LogP contribution in [0.25, 0.3) is 6.08 Å². The molecule has 0 saturated heterocycles. The Bertz CT molecular complexity index is 1410. The van der Waals surface area contributed by atoms with E-state index in [9.17, 15) is 24.8 Å². The number of non-ortho nitro benzene ring substituents is 1. The number of nitro groups is 1. The molecule has 1 heterocycles. The molecule has 3 aromatic rings. The highest BCUT2D eigenvalue weighted by Gasteiger charge is 2.17. The van der Waals surface area contributed by atoms with E-state index < -0.39 is 16.7 Å². The SMILES string of the molecule is O=C(N/N=C/c1cc([N+](=O)[O-])cc(Br)c1O)C(=Cc1ccc2c(c1)OCO2)NC(=O)c1ccccc1. The average Bonchev–Trinajstić information content (AvgIpc) is 3.34. The number of fused-ring (bicyclic) bond motifs is 1. The fourth-order valence-corrected chi connectivity index (χ4v) is 3.61. The molecule has 3 N–H and O–H groups in total. The summed E-state index contributed by atoms with van der Waals surface area (Å²) in [6.07, 6.45) is 2.47. The monoisotopic (exact) mass is 552 g/mol. The number of nitrogens with one attached hydrogen (secondary N) is 2. The summed E-state index contributed by atoms with van der Waals surface area (Å²) in [7, 11) is 0. The quantitative estimate of drug-likeness (QED) is 0.175. The number of carbonyl (C=O) groups is 2. The Labute approximate surface area is 212 Å². The molecule has 182 valence electrons.